The van der Waals surface area contributed by atoms with Crippen molar-refractivity contribution >= 4 is 17.9 Å². The van der Waals surface area contributed by atoms with Crippen LogP contribution in [-0.2, 0) is 14.4 Å². The molecule has 0 saturated carbocycles. The molecule has 0 bridgehead atoms. The lowest BCUT2D eigenvalue weighted by molar-refractivity contribution is -0.173. The summed E-state index contributed by atoms with van der Waals surface area (Å²) in [5, 5.41) is 76.1. The van der Waals surface area contributed by atoms with Crippen molar-refractivity contribution in [3.63, 3.8) is 0 Å². The van der Waals surface area contributed by atoms with Crippen LogP contribution in [0.1, 0.15) is 13.3 Å². The lowest BCUT2D eigenvalue weighted by atomic mass is 9.80. The average molecular weight is 383 g/mol. The van der Waals surface area contributed by atoms with Gasteiger partial charge in [0, 0.05) is 0 Å². The topological polar surface area (TPSA) is 239 Å². The fourth-order valence-corrected chi connectivity index (χ4v) is 2.11. The van der Waals surface area contributed by atoms with E-state index in [-0.39, 0.29) is 6.29 Å². The Morgan fingerprint density at radius 2 is 1.58 bits per heavy atom. The molecular weight excluding hydrogens is 358 g/mol. The van der Waals surface area contributed by atoms with Crippen LogP contribution in [0.5, 0.6) is 0 Å². The zero-order chi connectivity index (χ0) is 20.8. The Hall–Kier alpha value is -1.35. The molecule has 0 heterocycles. The number of carbonyl (C=O) groups excluding carboxylic acids is 3. The van der Waals surface area contributed by atoms with Gasteiger partial charge in [0.25, 0.3) is 0 Å². The van der Waals surface area contributed by atoms with E-state index < -0.39 is 72.9 Å². The van der Waals surface area contributed by atoms with E-state index in [9.17, 15) is 45.0 Å². The van der Waals surface area contributed by atoms with Crippen molar-refractivity contribution in [1.29, 1.82) is 0 Å². The highest BCUT2D eigenvalue weighted by molar-refractivity contribution is 6.06. The fourth-order valence-electron chi connectivity index (χ4n) is 2.11. The molecule has 12 nitrogen and oxygen atoms in total. The summed E-state index contributed by atoms with van der Waals surface area (Å²) >= 11 is 0. The second kappa shape index (κ2) is 10.1. The van der Waals surface area contributed by atoms with Gasteiger partial charge in [-0.25, -0.2) is 0 Å². The Morgan fingerprint density at radius 1 is 1.08 bits per heavy atom. The van der Waals surface area contributed by atoms with Crippen LogP contribution in [0.15, 0.2) is 0 Å². The predicted molar refractivity (Wildman–Crippen MR) is 82.4 cm³/mol. The molecule has 0 aliphatic carbocycles. The van der Waals surface area contributed by atoms with E-state index in [1.807, 2.05) is 0 Å². The number of rotatable bonds is 12. The zero-order valence-electron chi connectivity index (χ0n) is 13.9. The van der Waals surface area contributed by atoms with Gasteiger partial charge in [-0.05, 0) is 6.92 Å². The first kappa shape index (κ1) is 24.7. The van der Waals surface area contributed by atoms with E-state index in [1.165, 1.54) is 0 Å². The number of ketones is 2. The van der Waals surface area contributed by atoms with Crippen molar-refractivity contribution in [3.05, 3.63) is 0 Å². The molecule has 0 aromatic heterocycles. The van der Waals surface area contributed by atoms with Gasteiger partial charge in [0.05, 0.1) is 25.2 Å². The monoisotopic (exact) mass is 383 g/mol. The summed E-state index contributed by atoms with van der Waals surface area (Å²) in [6.45, 7) is -0.0527. The molecule has 152 valence electrons. The molecule has 0 unspecified atom stereocenters. The second-order valence-electron chi connectivity index (χ2n) is 5.91. The fraction of sp³-hybridized carbons (Fsp3) is 0.786. The van der Waals surface area contributed by atoms with Crippen LogP contribution in [0.25, 0.3) is 0 Å². The van der Waals surface area contributed by atoms with Crippen molar-refractivity contribution in [2.45, 2.75) is 61.6 Å². The molecule has 10 N–H and O–H groups in total. The van der Waals surface area contributed by atoms with Gasteiger partial charge < -0.3 is 51.4 Å². The smallest absolute Gasteiger partial charge is 0.176 e. The number of aliphatic hydroxyl groups excluding tert-OH is 7. The Bertz CT molecular complexity index is 499. The third kappa shape index (κ3) is 5.33. The van der Waals surface area contributed by atoms with Gasteiger partial charge in [-0.1, -0.05) is 0 Å². The number of carbonyl (C=O) groups is 3. The van der Waals surface area contributed by atoms with Crippen molar-refractivity contribution in [3.8, 4) is 0 Å². The predicted octanol–water partition coefficient (Wildman–Crippen LogP) is -6.05. The SMILES string of the molecule is C[C@@H](O)[C@@H](O)[C@H](O)[C@@H](O)C(=O)CC(=O)[C@@](O)([C@@H](N)C=O)[C@@H](O)[C@H](O)CO. The Labute approximate surface area is 148 Å². The van der Waals surface area contributed by atoms with Gasteiger partial charge in [0.15, 0.2) is 17.2 Å². The first-order chi connectivity index (χ1) is 11.9. The highest BCUT2D eigenvalue weighted by Crippen LogP contribution is 2.21. The van der Waals surface area contributed by atoms with Gasteiger partial charge in [0.1, 0.15) is 36.8 Å². The Morgan fingerprint density at radius 3 is 1.96 bits per heavy atom. The third-order valence-corrected chi connectivity index (χ3v) is 3.94. The maximum Gasteiger partial charge on any atom is 0.176 e. The number of nitrogens with two attached hydrogens (primary N) is 1. The maximum atomic E-state index is 12.2. The molecule has 0 amide bonds. The molecule has 8 atom stereocenters. The van der Waals surface area contributed by atoms with Gasteiger partial charge in [0.2, 0.25) is 0 Å². The van der Waals surface area contributed by atoms with Crippen molar-refractivity contribution in [2.24, 2.45) is 5.73 Å². The first-order valence-corrected chi connectivity index (χ1v) is 7.54. The molecule has 0 spiro atoms. The molecule has 0 radical (unpaired) electrons. The van der Waals surface area contributed by atoms with Crippen LogP contribution >= 0.6 is 0 Å². The van der Waals surface area contributed by atoms with Crippen LogP contribution in [0.4, 0.5) is 0 Å². The standard InChI is InChI=1S/C14H25NO11/c1-5(18)10(22)12(24)11(23)6(19)2-9(21)14(26,8(15)4-17)13(25)7(20)3-16/h4-5,7-8,10-13,16,18,20,22-26H,2-3,15H2,1H3/t5-,7-,8+,10-,11+,12+,13+,14+/m1/s1. The molecular formula is C14H25NO11. The number of hydrogen-bond donors (Lipinski definition) is 9. The maximum absolute atomic E-state index is 12.2. The van der Waals surface area contributed by atoms with Gasteiger partial charge in [-0.15, -0.1) is 0 Å². The second-order valence-corrected chi connectivity index (χ2v) is 5.91. The van der Waals surface area contributed by atoms with Crippen molar-refractivity contribution in [1.82, 2.24) is 0 Å². The van der Waals surface area contributed by atoms with E-state index >= 15 is 0 Å². The molecule has 0 aromatic rings. The lowest BCUT2D eigenvalue weighted by Crippen LogP contribution is -2.66. The third-order valence-electron chi connectivity index (χ3n) is 3.94. The molecule has 0 aromatic carbocycles. The number of aldehydes is 1. The van der Waals surface area contributed by atoms with E-state index in [2.05, 4.69) is 0 Å². The Kier molecular flexibility index (Phi) is 9.58. The summed E-state index contributed by atoms with van der Waals surface area (Å²) in [5.41, 5.74) is 2.08. The lowest BCUT2D eigenvalue weighted by Gasteiger charge is -2.36. The minimum atomic E-state index is -3.17. The number of hydrogen-bond acceptors (Lipinski definition) is 12. The Balaban J connectivity index is 5.44. The normalized spacial score (nSPS) is 22.2. The van der Waals surface area contributed by atoms with Crippen LogP contribution in [0.2, 0.25) is 0 Å². The summed E-state index contributed by atoms with van der Waals surface area (Å²) in [6, 6.07) is -2.09. The van der Waals surface area contributed by atoms with E-state index in [4.69, 9.17) is 15.9 Å². The van der Waals surface area contributed by atoms with Crippen LogP contribution in [0.3, 0.4) is 0 Å². The molecule has 26 heavy (non-hydrogen) atoms. The van der Waals surface area contributed by atoms with Gasteiger partial charge >= 0.3 is 0 Å². The zero-order valence-corrected chi connectivity index (χ0v) is 13.9. The molecule has 0 saturated heterocycles. The summed E-state index contributed by atoms with van der Waals surface area (Å²) in [4.78, 5) is 34.9. The largest absolute Gasteiger partial charge is 0.394 e. The molecule has 0 fully saturated rings. The van der Waals surface area contributed by atoms with Gasteiger partial charge in [-0.3, -0.25) is 9.59 Å². The van der Waals surface area contributed by atoms with Crippen LogP contribution in [-0.4, -0.2) is 114 Å². The van der Waals surface area contributed by atoms with Crippen molar-refractivity contribution < 1.29 is 55.2 Å². The molecule has 12 heteroatoms. The minimum Gasteiger partial charge on any atom is -0.394 e. The number of Topliss-reactive ketones (excluding diaryl/α,β-unsaturated/α-hetero) is 2. The minimum absolute atomic E-state index is 0.141. The number of aliphatic hydroxyl groups is 8. The molecule has 0 aliphatic rings. The molecule has 0 aliphatic heterocycles. The van der Waals surface area contributed by atoms with Crippen molar-refractivity contribution in [2.75, 3.05) is 6.61 Å². The van der Waals surface area contributed by atoms with E-state index in [0.29, 0.717) is 0 Å². The summed E-state index contributed by atoms with van der Waals surface area (Å²) in [7, 11) is 0. The highest BCUT2D eigenvalue weighted by atomic mass is 16.4. The van der Waals surface area contributed by atoms with Crippen LogP contribution in [0, 0.1) is 0 Å². The highest BCUT2D eigenvalue weighted by Gasteiger charge is 2.51. The van der Waals surface area contributed by atoms with E-state index in [0.717, 1.165) is 6.92 Å². The van der Waals surface area contributed by atoms with Gasteiger partial charge in [-0.2, -0.15) is 0 Å². The average Bonchev–Trinajstić information content (AvgIpc) is 2.62. The van der Waals surface area contributed by atoms with E-state index in [1.54, 1.807) is 0 Å². The summed E-state index contributed by atoms with van der Waals surface area (Å²) in [6.07, 6.45) is -14.0. The summed E-state index contributed by atoms with van der Waals surface area (Å²) in [5.74, 6) is -3.01. The summed E-state index contributed by atoms with van der Waals surface area (Å²) < 4.78 is 0. The van der Waals surface area contributed by atoms with Crippen LogP contribution < -0.4 is 5.73 Å². The quantitative estimate of drug-likeness (QED) is 0.113. The molecule has 0 rings (SSSR count). The first-order valence-electron chi connectivity index (χ1n) is 7.54.